The largest absolute Gasteiger partial charge is 0.378 e. The summed E-state index contributed by atoms with van der Waals surface area (Å²) in [6, 6.07) is 10.5. The molecule has 0 amide bonds. The summed E-state index contributed by atoms with van der Waals surface area (Å²) < 4.78 is 0. The van der Waals surface area contributed by atoms with E-state index in [9.17, 15) is 0 Å². The Morgan fingerprint density at radius 2 is 1.78 bits per heavy atom. The Balaban J connectivity index is 0.000000308. The van der Waals surface area contributed by atoms with Crippen molar-refractivity contribution in [1.82, 2.24) is 4.90 Å². The number of benzene rings is 1. The molecule has 1 aromatic carbocycles. The third kappa shape index (κ3) is 6.74. The molecule has 1 aliphatic heterocycles. The highest BCUT2D eigenvalue weighted by Crippen LogP contribution is 2.14. The number of hydrogen-bond donors (Lipinski definition) is 0. The molecule has 0 saturated carbocycles. The molecule has 0 N–H and O–H groups in total. The summed E-state index contributed by atoms with van der Waals surface area (Å²) in [6.45, 7) is 14.7. The van der Waals surface area contributed by atoms with Crippen molar-refractivity contribution in [3.8, 4) is 0 Å². The average molecular weight is 243 g/mol. The Morgan fingerprint density at radius 1 is 1.22 bits per heavy atom. The van der Waals surface area contributed by atoms with Crippen LogP contribution in [0.4, 0.5) is 0 Å². The zero-order valence-electron chi connectivity index (χ0n) is 11.6. The van der Waals surface area contributed by atoms with E-state index in [2.05, 4.69) is 62.5 Å². The van der Waals surface area contributed by atoms with E-state index in [1.165, 1.54) is 24.2 Å². The minimum absolute atomic E-state index is 1.07. The van der Waals surface area contributed by atoms with Crippen molar-refractivity contribution in [2.45, 2.75) is 19.3 Å². The zero-order chi connectivity index (χ0) is 13.8. The lowest BCUT2D eigenvalue weighted by atomic mass is 10.1. The first-order chi connectivity index (χ1) is 8.74. The van der Waals surface area contributed by atoms with Crippen LogP contribution in [0, 0.1) is 0 Å². The van der Waals surface area contributed by atoms with Crippen molar-refractivity contribution in [3.05, 3.63) is 74.0 Å². The van der Waals surface area contributed by atoms with E-state index in [0.717, 1.165) is 12.8 Å². The van der Waals surface area contributed by atoms with Gasteiger partial charge in [0.05, 0.1) is 0 Å². The number of hydrogen-bond acceptors (Lipinski definition) is 1. The maximum Gasteiger partial charge on any atom is 0.0226 e. The van der Waals surface area contributed by atoms with Crippen LogP contribution >= 0.6 is 0 Å². The summed E-state index contributed by atoms with van der Waals surface area (Å²) in [7, 11) is 2.06. The second-order valence-electron chi connectivity index (χ2n) is 4.05. The van der Waals surface area contributed by atoms with E-state index in [4.69, 9.17) is 0 Å². The summed E-state index contributed by atoms with van der Waals surface area (Å²) in [6.07, 6.45) is 5.35. The molecule has 0 aromatic heterocycles. The first-order valence-electron chi connectivity index (χ1n) is 6.27. The van der Waals surface area contributed by atoms with Gasteiger partial charge in [0, 0.05) is 25.7 Å². The Labute approximate surface area is 112 Å². The van der Waals surface area contributed by atoms with Crippen molar-refractivity contribution in [3.63, 3.8) is 0 Å². The topological polar surface area (TPSA) is 3.24 Å². The van der Waals surface area contributed by atoms with Gasteiger partial charge in [0.2, 0.25) is 0 Å². The standard InChI is InChI=1S/C10H12.C5H9N.C2H4/c1-2-3-7-10-8-5-4-6-9-10;1-5-3-4-6(5)2;1-2/h2,4-6,8-9H,1,3,7H2;1,3-4H2,2H3;1-2H2. The molecule has 1 aliphatic rings. The van der Waals surface area contributed by atoms with E-state index in [1.807, 2.05) is 12.1 Å². The lowest BCUT2D eigenvalue weighted by molar-refractivity contribution is 0.315. The van der Waals surface area contributed by atoms with Crippen molar-refractivity contribution >= 4 is 0 Å². The highest BCUT2D eigenvalue weighted by Gasteiger charge is 2.10. The molecule has 0 aliphatic carbocycles. The van der Waals surface area contributed by atoms with Crippen LogP contribution in [-0.2, 0) is 6.42 Å². The fraction of sp³-hybridized carbons (Fsp3) is 0.294. The third-order valence-electron chi connectivity index (χ3n) is 2.76. The van der Waals surface area contributed by atoms with Gasteiger partial charge in [0.1, 0.15) is 0 Å². The van der Waals surface area contributed by atoms with E-state index in [1.54, 1.807) is 0 Å². The monoisotopic (exact) mass is 243 g/mol. The highest BCUT2D eigenvalue weighted by atomic mass is 15.2. The summed E-state index contributed by atoms with van der Waals surface area (Å²) in [5, 5.41) is 0. The minimum Gasteiger partial charge on any atom is -0.378 e. The van der Waals surface area contributed by atoms with Crippen molar-refractivity contribution in [2.75, 3.05) is 13.6 Å². The van der Waals surface area contributed by atoms with Crippen molar-refractivity contribution < 1.29 is 0 Å². The van der Waals surface area contributed by atoms with E-state index in [-0.39, 0.29) is 0 Å². The molecule has 1 saturated heterocycles. The number of likely N-dealkylation sites (tertiary alicyclic amines) is 1. The Kier molecular flexibility index (Phi) is 9.38. The maximum absolute atomic E-state index is 3.77. The van der Waals surface area contributed by atoms with Gasteiger partial charge in [-0.25, -0.2) is 0 Å². The van der Waals surface area contributed by atoms with Gasteiger partial charge < -0.3 is 4.90 Å². The van der Waals surface area contributed by atoms with Gasteiger partial charge in [-0.05, 0) is 18.4 Å². The first kappa shape index (κ1) is 16.2. The second-order valence-corrected chi connectivity index (χ2v) is 4.05. The molecular formula is C17H25N. The molecule has 0 unspecified atom stereocenters. The van der Waals surface area contributed by atoms with E-state index < -0.39 is 0 Å². The molecule has 0 radical (unpaired) electrons. The fourth-order valence-electron chi connectivity index (χ4n) is 1.41. The molecule has 0 atom stereocenters. The second kappa shape index (κ2) is 10.4. The molecule has 1 heterocycles. The van der Waals surface area contributed by atoms with Crippen molar-refractivity contribution in [2.24, 2.45) is 0 Å². The number of nitrogens with zero attached hydrogens (tertiary/aromatic N) is 1. The van der Waals surface area contributed by atoms with Crippen LogP contribution in [0.1, 0.15) is 18.4 Å². The van der Waals surface area contributed by atoms with Crippen LogP contribution < -0.4 is 0 Å². The molecular weight excluding hydrogens is 218 g/mol. The van der Waals surface area contributed by atoms with Gasteiger partial charge >= 0.3 is 0 Å². The highest BCUT2D eigenvalue weighted by molar-refractivity contribution is 5.14. The van der Waals surface area contributed by atoms with Crippen LogP contribution in [0.2, 0.25) is 0 Å². The fourth-order valence-corrected chi connectivity index (χ4v) is 1.41. The van der Waals surface area contributed by atoms with Crippen LogP contribution in [0.5, 0.6) is 0 Å². The smallest absolute Gasteiger partial charge is 0.0226 e. The predicted molar refractivity (Wildman–Crippen MR) is 82.6 cm³/mol. The molecule has 2 rings (SSSR count). The summed E-state index contributed by atoms with van der Waals surface area (Å²) in [5.41, 5.74) is 2.66. The summed E-state index contributed by atoms with van der Waals surface area (Å²) >= 11 is 0. The zero-order valence-corrected chi connectivity index (χ0v) is 11.6. The molecule has 98 valence electrons. The number of rotatable bonds is 3. The minimum atomic E-state index is 1.07. The third-order valence-corrected chi connectivity index (χ3v) is 2.76. The van der Waals surface area contributed by atoms with Gasteiger partial charge in [-0.15, -0.1) is 19.7 Å². The molecule has 1 nitrogen and oxygen atoms in total. The Morgan fingerprint density at radius 3 is 2.11 bits per heavy atom. The Bertz CT molecular complexity index is 340. The lowest BCUT2D eigenvalue weighted by Gasteiger charge is -2.31. The van der Waals surface area contributed by atoms with E-state index >= 15 is 0 Å². The number of allylic oxidation sites excluding steroid dienone is 1. The normalized spacial score (nSPS) is 12.3. The van der Waals surface area contributed by atoms with Crippen LogP contribution in [-0.4, -0.2) is 18.5 Å². The van der Waals surface area contributed by atoms with Gasteiger partial charge in [0.15, 0.2) is 0 Å². The van der Waals surface area contributed by atoms with Gasteiger partial charge in [-0.1, -0.05) is 43.0 Å². The molecule has 1 aromatic rings. The maximum atomic E-state index is 3.77. The molecule has 0 bridgehead atoms. The lowest BCUT2D eigenvalue weighted by Crippen LogP contribution is -2.29. The van der Waals surface area contributed by atoms with Crippen LogP contribution in [0.3, 0.4) is 0 Å². The van der Waals surface area contributed by atoms with Crippen molar-refractivity contribution in [1.29, 1.82) is 0 Å². The van der Waals surface area contributed by atoms with Gasteiger partial charge in [-0.2, -0.15) is 0 Å². The van der Waals surface area contributed by atoms with E-state index in [0.29, 0.717) is 0 Å². The van der Waals surface area contributed by atoms with Crippen LogP contribution in [0.25, 0.3) is 0 Å². The number of aryl methyl sites for hydroxylation is 1. The predicted octanol–water partition coefficient (Wildman–Crippen LogP) is 4.44. The average Bonchev–Trinajstić information content (AvgIpc) is 2.47. The molecule has 1 heteroatoms. The first-order valence-corrected chi connectivity index (χ1v) is 6.27. The molecule has 18 heavy (non-hydrogen) atoms. The molecule has 0 spiro atoms. The summed E-state index contributed by atoms with van der Waals surface area (Å²) in [4.78, 5) is 2.15. The Hall–Kier alpha value is -1.76. The quantitative estimate of drug-likeness (QED) is 0.709. The summed E-state index contributed by atoms with van der Waals surface area (Å²) in [5.74, 6) is 0. The SMILES string of the molecule is C=C.C=C1CCN1C.C=CCCc1ccccc1. The van der Waals surface area contributed by atoms with Gasteiger partial charge in [0.25, 0.3) is 0 Å². The molecule has 1 fully saturated rings. The van der Waals surface area contributed by atoms with Crippen LogP contribution in [0.15, 0.2) is 68.4 Å². The van der Waals surface area contributed by atoms with Gasteiger partial charge in [-0.3, -0.25) is 0 Å².